The summed E-state index contributed by atoms with van der Waals surface area (Å²) < 4.78 is 55.2. The summed E-state index contributed by atoms with van der Waals surface area (Å²) in [6.07, 6.45) is -0.149. The molecule has 1 aromatic rings. The number of benzene rings is 1. The van der Waals surface area contributed by atoms with Gasteiger partial charge in [0, 0.05) is 19.7 Å². The highest BCUT2D eigenvalue weighted by atomic mass is 32.2. The Morgan fingerprint density at radius 3 is 2.26 bits per heavy atom. The molecule has 1 aromatic carbocycles. The van der Waals surface area contributed by atoms with E-state index in [-0.39, 0.29) is 13.0 Å². The topological polar surface area (TPSA) is 63.7 Å². The van der Waals surface area contributed by atoms with Crippen LogP contribution in [0.3, 0.4) is 0 Å². The fourth-order valence-electron chi connectivity index (χ4n) is 1.33. The first-order chi connectivity index (χ1) is 8.77. The number of ether oxygens (including phenoxy) is 1. The van der Waals surface area contributed by atoms with E-state index in [2.05, 4.69) is 4.74 Å². The zero-order valence-electron chi connectivity index (χ0n) is 10.4. The Hall–Kier alpha value is -1.54. The lowest BCUT2D eigenvalue weighted by molar-refractivity contribution is -0.140. The van der Waals surface area contributed by atoms with Gasteiger partial charge in [-0.1, -0.05) is 0 Å². The molecule has 0 fully saturated rings. The van der Waals surface area contributed by atoms with Crippen LogP contribution in [0.2, 0.25) is 0 Å². The smallest absolute Gasteiger partial charge is 0.306 e. The van der Waals surface area contributed by atoms with Gasteiger partial charge in [0.1, 0.15) is 11.6 Å². The molecule has 0 aliphatic carbocycles. The number of hydrogen-bond acceptors (Lipinski definition) is 4. The highest BCUT2D eigenvalue weighted by molar-refractivity contribution is 7.89. The van der Waals surface area contributed by atoms with Crippen molar-refractivity contribution in [3.8, 4) is 0 Å². The molecule has 0 N–H and O–H groups in total. The highest BCUT2D eigenvalue weighted by Crippen LogP contribution is 2.17. The van der Waals surface area contributed by atoms with Crippen LogP contribution in [0.15, 0.2) is 23.1 Å². The first-order valence-electron chi connectivity index (χ1n) is 5.26. The Balaban J connectivity index is 2.93. The summed E-state index contributed by atoms with van der Waals surface area (Å²) in [6.45, 7) is -0.146. The monoisotopic (exact) mass is 293 g/mol. The van der Waals surface area contributed by atoms with E-state index in [1.807, 2.05) is 0 Å². The van der Waals surface area contributed by atoms with Gasteiger partial charge in [-0.25, -0.2) is 21.5 Å². The maximum Gasteiger partial charge on any atom is 0.306 e. The second-order valence-corrected chi connectivity index (χ2v) is 5.80. The van der Waals surface area contributed by atoms with E-state index in [9.17, 15) is 22.0 Å². The van der Waals surface area contributed by atoms with Crippen LogP contribution < -0.4 is 0 Å². The summed E-state index contributed by atoms with van der Waals surface area (Å²) in [7, 11) is -1.65. The number of esters is 1. The van der Waals surface area contributed by atoms with Crippen molar-refractivity contribution < 1.29 is 26.7 Å². The van der Waals surface area contributed by atoms with Gasteiger partial charge >= 0.3 is 5.97 Å². The SMILES string of the molecule is COC(=O)CCN(C)S(=O)(=O)c1cc(F)cc(F)c1. The van der Waals surface area contributed by atoms with Crippen molar-refractivity contribution in [3.05, 3.63) is 29.8 Å². The van der Waals surface area contributed by atoms with Gasteiger partial charge in [-0.2, -0.15) is 0 Å². The number of carbonyl (C=O) groups excluding carboxylic acids is 1. The molecule has 0 heterocycles. The van der Waals surface area contributed by atoms with Crippen molar-refractivity contribution in [2.45, 2.75) is 11.3 Å². The fourth-order valence-corrected chi connectivity index (χ4v) is 2.54. The minimum atomic E-state index is -4.04. The van der Waals surface area contributed by atoms with Crippen LogP contribution in [0.5, 0.6) is 0 Å². The third kappa shape index (κ3) is 3.97. The van der Waals surface area contributed by atoms with Gasteiger partial charge in [0.25, 0.3) is 0 Å². The van der Waals surface area contributed by atoms with Crippen LogP contribution in [0, 0.1) is 11.6 Å². The van der Waals surface area contributed by atoms with E-state index in [1.54, 1.807) is 0 Å². The Bertz CT molecular complexity index is 554. The van der Waals surface area contributed by atoms with Crippen molar-refractivity contribution in [1.82, 2.24) is 4.31 Å². The predicted octanol–water partition coefficient (Wildman–Crippen LogP) is 1.15. The number of sulfonamides is 1. The number of halogens is 2. The Morgan fingerprint density at radius 1 is 1.26 bits per heavy atom. The summed E-state index contributed by atoms with van der Waals surface area (Å²) in [4.78, 5) is 10.4. The molecule has 0 aliphatic rings. The lowest BCUT2D eigenvalue weighted by atomic mass is 10.3. The van der Waals surface area contributed by atoms with Crippen molar-refractivity contribution in [2.24, 2.45) is 0 Å². The lowest BCUT2D eigenvalue weighted by Gasteiger charge is -2.16. The Labute approximate surface area is 109 Å². The predicted molar refractivity (Wildman–Crippen MR) is 62.8 cm³/mol. The molecule has 106 valence electrons. The molecule has 1 rings (SSSR count). The summed E-state index contributed by atoms with van der Waals surface area (Å²) in [5.41, 5.74) is 0. The summed E-state index contributed by atoms with van der Waals surface area (Å²) in [5, 5.41) is 0. The molecular weight excluding hydrogens is 280 g/mol. The van der Waals surface area contributed by atoms with E-state index in [1.165, 1.54) is 14.2 Å². The standard InChI is InChI=1S/C11H13F2NO4S/c1-14(4-3-11(15)18-2)19(16,17)10-6-8(12)5-9(13)7-10/h5-7H,3-4H2,1-2H3. The van der Waals surface area contributed by atoms with Crippen LogP contribution in [-0.2, 0) is 19.6 Å². The van der Waals surface area contributed by atoms with Crippen LogP contribution >= 0.6 is 0 Å². The van der Waals surface area contributed by atoms with Crippen molar-refractivity contribution >= 4 is 16.0 Å². The quantitative estimate of drug-likeness (QED) is 0.764. The van der Waals surface area contributed by atoms with E-state index < -0.39 is 32.5 Å². The average Bonchev–Trinajstić information content (AvgIpc) is 2.34. The molecule has 0 bridgehead atoms. The summed E-state index contributed by atoms with van der Waals surface area (Å²) in [6, 6.07) is 2.01. The fraction of sp³-hybridized carbons (Fsp3) is 0.364. The van der Waals surface area contributed by atoms with Crippen molar-refractivity contribution in [1.29, 1.82) is 0 Å². The molecule has 0 unspecified atom stereocenters. The van der Waals surface area contributed by atoms with E-state index >= 15 is 0 Å². The number of hydrogen-bond donors (Lipinski definition) is 0. The van der Waals surface area contributed by atoms with Gasteiger partial charge in [-0.05, 0) is 12.1 Å². The van der Waals surface area contributed by atoms with Gasteiger partial charge in [-0.15, -0.1) is 0 Å². The number of nitrogens with zero attached hydrogens (tertiary/aromatic N) is 1. The van der Waals surface area contributed by atoms with Crippen LogP contribution in [0.1, 0.15) is 6.42 Å². The molecule has 19 heavy (non-hydrogen) atoms. The second-order valence-electron chi connectivity index (χ2n) is 3.76. The van der Waals surface area contributed by atoms with Crippen LogP contribution in [-0.4, -0.2) is 39.4 Å². The largest absolute Gasteiger partial charge is 0.469 e. The third-order valence-electron chi connectivity index (χ3n) is 2.40. The highest BCUT2D eigenvalue weighted by Gasteiger charge is 2.22. The van der Waals surface area contributed by atoms with Crippen LogP contribution in [0.25, 0.3) is 0 Å². The van der Waals surface area contributed by atoms with Gasteiger partial charge in [-0.3, -0.25) is 4.79 Å². The van der Waals surface area contributed by atoms with Crippen molar-refractivity contribution in [2.75, 3.05) is 20.7 Å². The van der Waals surface area contributed by atoms with E-state index in [4.69, 9.17) is 0 Å². The molecule has 0 aromatic heterocycles. The number of methoxy groups -OCH3 is 1. The number of carbonyl (C=O) groups is 1. The maximum atomic E-state index is 13.0. The first-order valence-corrected chi connectivity index (χ1v) is 6.70. The minimum Gasteiger partial charge on any atom is -0.469 e. The van der Waals surface area contributed by atoms with Crippen molar-refractivity contribution in [3.63, 3.8) is 0 Å². The first kappa shape index (κ1) is 15.5. The summed E-state index contributed by atoms with van der Waals surface area (Å²) in [5.74, 6) is -2.55. The molecule has 0 radical (unpaired) electrons. The lowest BCUT2D eigenvalue weighted by Crippen LogP contribution is -2.29. The molecular formula is C11H13F2NO4S. The van der Waals surface area contributed by atoms with Gasteiger partial charge in [0.15, 0.2) is 0 Å². The zero-order valence-corrected chi connectivity index (χ0v) is 11.2. The zero-order chi connectivity index (χ0) is 14.6. The molecule has 5 nitrogen and oxygen atoms in total. The minimum absolute atomic E-state index is 0.146. The summed E-state index contributed by atoms with van der Waals surface area (Å²) >= 11 is 0. The second kappa shape index (κ2) is 6.07. The Kier molecular flexibility index (Phi) is 4.96. The normalized spacial score (nSPS) is 11.6. The van der Waals surface area contributed by atoms with Gasteiger partial charge in [0.05, 0.1) is 18.4 Å². The van der Waals surface area contributed by atoms with Gasteiger partial charge in [0.2, 0.25) is 10.0 Å². The maximum absolute atomic E-state index is 13.0. The molecule has 0 spiro atoms. The molecule has 0 saturated carbocycles. The molecule has 0 amide bonds. The van der Waals surface area contributed by atoms with Crippen LogP contribution in [0.4, 0.5) is 8.78 Å². The van der Waals surface area contributed by atoms with Gasteiger partial charge < -0.3 is 4.74 Å². The molecule has 0 saturated heterocycles. The molecule has 0 aliphatic heterocycles. The van der Waals surface area contributed by atoms with E-state index in [0.717, 1.165) is 4.31 Å². The number of rotatable bonds is 5. The van der Waals surface area contributed by atoms with E-state index in [0.29, 0.717) is 18.2 Å². The Morgan fingerprint density at radius 2 is 1.79 bits per heavy atom. The molecule has 8 heteroatoms. The third-order valence-corrected chi connectivity index (χ3v) is 4.24. The molecule has 0 atom stereocenters. The average molecular weight is 293 g/mol.